The van der Waals surface area contributed by atoms with Gasteiger partial charge in [-0.25, -0.2) is 14.6 Å². The minimum absolute atomic E-state index is 0.0773. The summed E-state index contributed by atoms with van der Waals surface area (Å²) < 4.78 is 7.09. The summed E-state index contributed by atoms with van der Waals surface area (Å²) in [7, 11) is 3.45. The second kappa shape index (κ2) is 8.35. The van der Waals surface area contributed by atoms with Crippen LogP contribution in [0.5, 0.6) is 0 Å². The first-order valence-electron chi connectivity index (χ1n) is 9.22. The van der Waals surface area contributed by atoms with Crippen LogP contribution in [0.2, 0.25) is 0 Å². The molecule has 0 fully saturated rings. The predicted octanol–water partition coefficient (Wildman–Crippen LogP) is 1.86. The first-order chi connectivity index (χ1) is 12.9. The van der Waals surface area contributed by atoms with Crippen LogP contribution < -0.4 is 10.6 Å². The number of nitrogens with zero attached hydrogens (tertiary/aromatic N) is 5. The van der Waals surface area contributed by atoms with Crippen LogP contribution >= 0.6 is 11.3 Å². The topological polar surface area (TPSA) is 89.2 Å². The van der Waals surface area contributed by atoms with Crippen molar-refractivity contribution in [3.8, 4) is 0 Å². The standard InChI is InChI=1S/C18H29N7OS/c1-18(2,3)13-11-27-16(22-13)8-20-17(19-4)21-12-6-7-15-23-14(10-26-5)24-25(15)9-12/h11-12H,6-10H2,1-5H3,(H2,19,20,21). The van der Waals surface area contributed by atoms with Crippen molar-refractivity contribution in [3.05, 3.63) is 27.7 Å². The molecule has 1 atom stereocenters. The Labute approximate surface area is 164 Å². The summed E-state index contributed by atoms with van der Waals surface area (Å²) in [5.74, 6) is 2.56. The molecule has 9 heteroatoms. The van der Waals surface area contributed by atoms with Gasteiger partial charge in [-0.1, -0.05) is 20.8 Å². The lowest BCUT2D eigenvalue weighted by molar-refractivity contribution is 0.177. The molecule has 0 bridgehead atoms. The van der Waals surface area contributed by atoms with Crippen molar-refractivity contribution in [2.45, 2.75) is 64.8 Å². The first-order valence-corrected chi connectivity index (χ1v) is 10.1. The van der Waals surface area contributed by atoms with Crippen LogP contribution in [-0.2, 0) is 36.3 Å². The predicted molar refractivity (Wildman–Crippen MR) is 107 cm³/mol. The molecule has 0 saturated carbocycles. The van der Waals surface area contributed by atoms with E-state index in [1.165, 1.54) is 0 Å². The van der Waals surface area contributed by atoms with E-state index in [0.29, 0.717) is 13.2 Å². The molecule has 27 heavy (non-hydrogen) atoms. The third-order valence-corrected chi connectivity index (χ3v) is 5.32. The molecule has 3 rings (SSSR count). The molecule has 148 valence electrons. The molecular formula is C18H29N7OS. The fraction of sp³-hybridized carbons (Fsp3) is 0.667. The average Bonchev–Trinajstić information content (AvgIpc) is 3.24. The molecular weight excluding hydrogens is 362 g/mol. The SMILES string of the molecule is CN=C(NCc1nc(C(C)(C)C)cs1)NC1CCc2nc(COC)nn2C1. The number of thiazole rings is 1. The highest BCUT2D eigenvalue weighted by Crippen LogP contribution is 2.23. The number of aryl methyl sites for hydroxylation is 1. The van der Waals surface area contributed by atoms with Crippen molar-refractivity contribution in [1.29, 1.82) is 0 Å². The smallest absolute Gasteiger partial charge is 0.191 e. The summed E-state index contributed by atoms with van der Waals surface area (Å²) in [6.07, 6.45) is 1.89. The van der Waals surface area contributed by atoms with E-state index in [1.807, 2.05) is 4.68 Å². The summed E-state index contributed by atoms with van der Waals surface area (Å²) >= 11 is 1.68. The van der Waals surface area contributed by atoms with E-state index in [0.717, 1.165) is 47.7 Å². The zero-order valence-corrected chi connectivity index (χ0v) is 17.6. The van der Waals surface area contributed by atoms with Crippen LogP contribution in [0.1, 0.15) is 49.5 Å². The lowest BCUT2D eigenvalue weighted by Gasteiger charge is -2.25. The number of hydrogen-bond acceptors (Lipinski definition) is 6. The van der Waals surface area contributed by atoms with E-state index in [2.05, 4.69) is 51.9 Å². The van der Waals surface area contributed by atoms with Gasteiger partial charge in [0.2, 0.25) is 0 Å². The zero-order valence-electron chi connectivity index (χ0n) is 16.7. The molecule has 3 heterocycles. The third kappa shape index (κ3) is 5.04. The highest BCUT2D eigenvalue weighted by molar-refractivity contribution is 7.09. The third-order valence-electron chi connectivity index (χ3n) is 4.47. The van der Waals surface area contributed by atoms with Gasteiger partial charge in [-0.2, -0.15) is 5.10 Å². The highest BCUT2D eigenvalue weighted by atomic mass is 32.1. The van der Waals surface area contributed by atoms with Gasteiger partial charge in [0.15, 0.2) is 11.8 Å². The van der Waals surface area contributed by atoms with E-state index in [1.54, 1.807) is 25.5 Å². The van der Waals surface area contributed by atoms with Gasteiger partial charge in [0.1, 0.15) is 17.4 Å². The summed E-state index contributed by atoms with van der Waals surface area (Å²) in [4.78, 5) is 13.6. The molecule has 1 aliphatic rings. The van der Waals surface area contributed by atoms with Crippen LogP contribution in [0.25, 0.3) is 0 Å². The summed E-state index contributed by atoms with van der Waals surface area (Å²) in [5.41, 5.74) is 1.21. The summed E-state index contributed by atoms with van der Waals surface area (Å²) in [6, 6.07) is 0.266. The van der Waals surface area contributed by atoms with Crippen LogP contribution in [0.4, 0.5) is 0 Å². The van der Waals surface area contributed by atoms with Crippen LogP contribution in [0.3, 0.4) is 0 Å². The minimum atomic E-state index is 0.0773. The highest BCUT2D eigenvalue weighted by Gasteiger charge is 2.22. The van der Waals surface area contributed by atoms with Crippen molar-refractivity contribution in [1.82, 2.24) is 30.4 Å². The van der Waals surface area contributed by atoms with Crippen molar-refractivity contribution in [2.24, 2.45) is 4.99 Å². The van der Waals surface area contributed by atoms with Gasteiger partial charge in [-0.3, -0.25) is 4.99 Å². The van der Waals surface area contributed by atoms with Gasteiger partial charge in [0, 0.05) is 37.4 Å². The molecule has 0 radical (unpaired) electrons. The summed E-state index contributed by atoms with van der Waals surface area (Å²) in [5, 5.41) is 14.6. The van der Waals surface area contributed by atoms with Crippen molar-refractivity contribution < 1.29 is 4.74 Å². The Morgan fingerprint density at radius 2 is 2.22 bits per heavy atom. The monoisotopic (exact) mass is 391 g/mol. The number of hydrogen-bond donors (Lipinski definition) is 2. The fourth-order valence-corrected chi connectivity index (χ4v) is 3.91. The molecule has 1 unspecified atom stereocenters. The van der Waals surface area contributed by atoms with Gasteiger partial charge in [-0.05, 0) is 6.42 Å². The second-order valence-electron chi connectivity index (χ2n) is 7.74. The van der Waals surface area contributed by atoms with Crippen LogP contribution in [0, 0.1) is 0 Å². The van der Waals surface area contributed by atoms with Crippen LogP contribution in [-0.4, -0.2) is 45.9 Å². The molecule has 0 spiro atoms. The normalized spacial score (nSPS) is 17.7. The lowest BCUT2D eigenvalue weighted by Crippen LogP contribution is -2.46. The number of methoxy groups -OCH3 is 1. The Morgan fingerprint density at radius 1 is 1.41 bits per heavy atom. The molecule has 2 aromatic heterocycles. The van der Waals surface area contributed by atoms with E-state index < -0.39 is 0 Å². The van der Waals surface area contributed by atoms with Gasteiger partial charge in [0.05, 0.1) is 18.8 Å². The van der Waals surface area contributed by atoms with Crippen LogP contribution in [0.15, 0.2) is 10.4 Å². The quantitative estimate of drug-likeness (QED) is 0.597. The molecule has 2 aromatic rings. The van der Waals surface area contributed by atoms with Gasteiger partial charge < -0.3 is 15.4 Å². The first kappa shape index (κ1) is 19.8. The molecule has 0 amide bonds. The van der Waals surface area contributed by atoms with Gasteiger partial charge in [-0.15, -0.1) is 11.3 Å². The van der Waals surface area contributed by atoms with E-state index in [-0.39, 0.29) is 11.5 Å². The Morgan fingerprint density at radius 3 is 2.89 bits per heavy atom. The zero-order chi connectivity index (χ0) is 19.4. The molecule has 2 N–H and O–H groups in total. The number of guanidine groups is 1. The maximum absolute atomic E-state index is 5.12. The van der Waals surface area contributed by atoms with E-state index in [4.69, 9.17) is 9.72 Å². The Bertz CT molecular complexity index is 790. The maximum Gasteiger partial charge on any atom is 0.191 e. The molecule has 0 aromatic carbocycles. The molecule has 8 nitrogen and oxygen atoms in total. The lowest BCUT2D eigenvalue weighted by atomic mass is 9.93. The Hall–Kier alpha value is -2.00. The largest absolute Gasteiger partial charge is 0.377 e. The maximum atomic E-state index is 5.12. The number of ether oxygens (including phenoxy) is 1. The Balaban J connectivity index is 1.54. The van der Waals surface area contributed by atoms with E-state index in [9.17, 15) is 0 Å². The van der Waals surface area contributed by atoms with Crippen molar-refractivity contribution in [3.63, 3.8) is 0 Å². The van der Waals surface area contributed by atoms with Gasteiger partial charge >= 0.3 is 0 Å². The van der Waals surface area contributed by atoms with Crippen molar-refractivity contribution in [2.75, 3.05) is 14.2 Å². The number of rotatable bonds is 5. The fourth-order valence-electron chi connectivity index (χ4n) is 2.95. The molecule has 0 saturated heterocycles. The number of fused-ring (bicyclic) bond motifs is 1. The van der Waals surface area contributed by atoms with Crippen molar-refractivity contribution >= 4 is 17.3 Å². The molecule has 1 aliphatic heterocycles. The average molecular weight is 392 g/mol. The summed E-state index contributed by atoms with van der Waals surface area (Å²) in [6.45, 7) is 8.43. The molecule has 0 aliphatic carbocycles. The van der Waals surface area contributed by atoms with E-state index >= 15 is 0 Å². The number of nitrogens with one attached hydrogen (secondary N) is 2. The van der Waals surface area contributed by atoms with Gasteiger partial charge in [0.25, 0.3) is 0 Å². The number of aromatic nitrogens is 4. The number of aliphatic imine (C=N–C) groups is 1. The Kier molecular flexibility index (Phi) is 6.11. The second-order valence-corrected chi connectivity index (χ2v) is 8.68. The minimum Gasteiger partial charge on any atom is -0.377 e.